The van der Waals surface area contributed by atoms with E-state index in [1.54, 1.807) is 11.3 Å². The largest absolute Gasteiger partial charge is 0.457 e. The number of esters is 1. The van der Waals surface area contributed by atoms with Gasteiger partial charge in [-0.15, -0.1) is 11.3 Å². The second kappa shape index (κ2) is 14.8. The van der Waals surface area contributed by atoms with E-state index in [2.05, 4.69) is 77.8 Å². The molecule has 1 aromatic rings. The number of carbonyl (C=O) groups is 2. The lowest BCUT2D eigenvalue weighted by atomic mass is 9.69. The van der Waals surface area contributed by atoms with E-state index in [0.29, 0.717) is 6.42 Å². The lowest BCUT2D eigenvalue weighted by molar-refractivity contribution is -0.150. The van der Waals surface area contributed by atoms with Gasteiger partial charge in [-0.1, -0.05) is 86.1 Å². The van der Waals surface area contributed by atoms with Gasteiger partial charge >= 0.3 is 5.97 Å². The van der Waals surface area contributed by atoms with Gasteiger partial charge in [0.25, 0.3) is 0 Å². The Balaban J connectivity index is 2.48. The van der Waals surface area contributed by atoms with Crippen molar-refractivity contribution < 1.29 is 18.8 Å². The number of aromatic nitrogens is 1. The fourth-order valence-corrected chi connectivity index (χ4v) is 7.20. The third kappa shape index (κ3) is 9.58. The Morgan fingerprint density at radius 1 is 1.21 bits per heavy atom. The van der Waals surface area contributed by atoms with Crippen molar-refractivity contribution in [2.45, 2.75) is 132 Å². The third-order valence-electron chi connectivity index (χ3n) is 9.59. The zero-order valence-electron chi connectivity index (χ0n) is 28.6. The minimum Gasteiger partial charge on any atom is -0.457 e. The maximum atomic E-state index is 14.2. The molecule has 0 spiro atoms. The zero-order chi connectivity index (χ0) is 32.0. The van der Waals surface area contributed by atoms with Gasteiger partial charge in [0.05, 0.1) is 16.8 Å². The molecule has 0 bridgehead atoms. The predicted molar refractivity (Wildman–Crippen MR) is 180 cm³/mol. The van der Waals surface area contributed by atoms with Gasteiger partial charge in [-0.2, -0.15) is 0 Å². The Morgan fingerprint density at radius 3 is 2.43 bits per heavy atom. The van der Waals surface area contributed by atoms with E-state index in [1.807, 2.05) is 46.1 Å². The number of Topliss-reactive ketones (excluding diaryl/α,β-unsaturated/α-hetero) is 1. The van der Waals surface area contributed by atoms with Gasteiger partial charge < -0.3 is 9.16 Å². The number of ketones is 1. The standard InChI is InChI=1S/C35H57NO4SSi/c1-14-30-36-28(22-41-30)20-25(4)29-19-18-23(2)16-15-17-24(3)32(40-42(12,13)34(7,8)9)27(6)33(38)35(10,11)26(5)21-31(37)39-29/h15,17-18,20,22,24,26-27,29,32H,14,16,19,21H2,1-13H3/b17-15+,23-18-,25-20+/t24-,26-,27+,29?,32-/m0/s1. The molecule has 1 aromatic heterocycles. The van der Waals surface area contributed by atoms with E-state index in [0.717, 1.165) is 29.1 Å². The Bertz CT molecular complexity index is 1170. The molecule has 2 rings (SSSR count). The van der Waals surface area contributed by atoms with Gasteiger partial charge in [0.1, 0.15) is 11.9 Å². The van der Waals surface area contributed by atoms with Crippen molar-refractivity contribution in [3.8, 4) is 0 Å². The summed E-state index contributed by atoms with van der Waals surface area (Å²) in [6.07, 6.45) is 10.5. The van der Waals surface area contributed by atoms with Crippen LogP contribution in [0.2, 0.25) is 18.1 Å². The molecule has 236 valence electrons. The first-order valence-electron chi connectivity index (χ1n) is 15.7. The monoisotopic (exact) mass is 615 g/mol. The molecular weight excluding hydrogens is 559 g/mol. The van der Waals surface area contributed by atoms with Crippen LogP contribution in [-0.2, 0) is 25.2 Å². The molecule has 0 saturated carbocycles. The Hall–Kier alpha value is -1.83. The smallest absolute Gasteiger partial charge is 0.306 e. The minimum absolute atomic E-state index is 0.0290. The number of cyclic esters (lactones) is 1. The summed E-state index contributed by atoms with van der Waals surface area (Å²) >= 11 is 1.65. The predicted octanol–water partition coefficient (Wildman–Crippen LogP) is 9.60. The number of rotatable bonds is 5. The van der Waals surface area contributed by atoms with Crippen molar-refractivity contribution in [2.24, 2.45) is 23.2 Å². The van der Waals surface area contributed by atoms with Crippen LogP contribution in [0.5, 0.6) is 0 Å². The average Bonchev–Trinajstić information content (AvgIpc) is 3.34. The molecule has 0 radical (unpaired) electrons. The molecule has 0 fully saturated rings. The highest BCUT2D eigenvalue weighted by atomic mass is 32.1. The summed E-state index contributed by atoms with van der Waals surface area (Å²) in [5.74, 6) is -0.584. The van der Waals surface area contributed by atoms with E-state index >= 15 is 0 Å². The molecule has 0 aromatic carbocycles. The number of thiazole rings is 1. The molecule has 0 N–H and O–H groups in total. The van der Waals surface area contributed by atoms with Crippen molar-refractivity contribution in [1.82, 2.24) is 4.98 Å². The van der Waals surface area contributed by atoms with E-state index in [-0.39, 0.29) is 53.2 Å². The number of hydrogen-bond acceptors (Lipinski definition) is 6. The van der Waals surface area contributed by atoms with Crippen LogP contribution in [-0.4, -0.2) is 37.3 Å². The molecule has 42 heavy (non-hydrogen) atoms. The van der Waals surface area contributed by atoms with Crippen LogP contribution in [0.15, 0.2) is 34.8 Å². The highest BCUT2D eigenvalue weighted by Crippen LogP contribution is 2.41. The lowest BCUT2D eigenvalue weighted by Gasteiger charge is -2.43. The molecule has 5 atom stereocenters. The fourth-order valence-electron chi connectivity index (χ4n) is 5.05. The average molecular weight is 616 g/mol. The number of nitrogens with zero attached hydrogens (tertiary/aromatic N) is 1. The Morgan fingerprint density at radius 2 is 1.86 bits per heavy atom. The highest BCUT2D eigenvalue weighted by Gasteiger charge is 2.45. The summed E-state index contributed by atoms with van der Waals surface area (Å²) in [5, 5.41) is 3.17. The van der Waals surface area contributed by atoms with E-state index in [9.17, 15) is 9.59 Å². The molecular formula is C35H57NO4SSi. The van der Waals surface area contributed by atoms with Crippen LogP contribution in [0.3, 0.4) is 0 Å². The van der Waals surface area contributed by atoms with Crippen molar-refractivity contribution in [2.75, 3.05) is 0 Å². The first-order chi connectivity index (χ1) is 19.3. The van der Waals surface area contributed by atoms with E-state index < -0.39 is 13.7 Å². The van der Waals surface area contributed by atoms with E-state index in [1.165, 1.54) is 5.57 Å². The van der Waals surface area contributed by atoms with Gasteiger partial charge in [-0.3, -0.25) is 9.59 Å². The summed E-state index contributed by atoms with van der Waals surface area (Å²) < 4.78 is 13.1. The maximum absolute atomic E-state index is 14.2. The molecule has 0 saturated heterocycles. The van der Waals surface area contributed by atoms with Gasteiger partial charge in [0.2, 0.25) is 0 Å². The van der Waals surface area contributed by atoms with Crippen LogP contribution in [0.1, 0.15) is 106 Å². The van der Waals surface area contributed by atoms with Crippen molar-refractivity contribution in [1.29, 1.82) is 0 Å². The molecule has 1 aliphatic rings. The molecule has 7 heteroatoms. The second-order valence-electron chi connectivity index (χ2n) is 14.5. The van der Waals surface area contributed by atoms with Gasteiger partial charge in [-0.25, -0.2) is 4.98 Å². The molecule has 0 aliphatic carbocycles. The third-order valence-corrected chi connectivity index (χ3v) is 15.1. The zero-order valence-corrected chi connectivity index (χ0v) is 30.4. The Kier molecular flexibility index (Phi) is 12.8. The summed E-state index contributed by atoms with van der Waals surface area (Å²) in [5.41, 5.74) is 2.36. The fraction of sp³-hybridized carbons (Fsp3) is 0.686. The van der Waals surface area contributed by atoms with Crippen molar-refractivity contribution >= 4 is 37.5 Å². The first-order valence-corrected chi connectivity index (χ1v) is 19.4. The van der Waals surface area contributed by atoms with Crippen molar-refractivity contribution in [3.63, 3.8) is 0 Å². The first kappa shape index (κ1) is 36.4. The highest BCUT2D eigenvalue weighted by molar-refractivity contribution is 7.09. The molecule has 5 nitrogen and oxygen atoms in total. The maximum Gasteiger partial charge on any atom is 0.306 e. The lowest BCUT2D eigenvalue weighted by Crippen LogP contribution is -2.50. The Labute approximate surface area is 261 Å². The van der Waals surface area contributed by atoms with Gasteiger partial charge in [0.15, 0.2) is 8.32 Å². The van der Waals surface area contributed by atoms with E-state index in [4.69, 9.17) is 9.16 Å². The van der Waals surface area contributed by atoms with Gasteiger partial charge in [-0.05, 0) is 68.3 Å². The molecule has 1 aliphatic heterocycles. The minimum atomic E-state index is -2.14. The number of carbonyl (C=O) groups excluding carboxylic acids is 2. The topological polar surface area (TPSA) is 65.5 Å². The number of hydrogen-bond donors (Lipinski definition) is 0. The molecule has 1 unspecified atom stereocenters. The summed E-state index contributed by atoms with van der Waals surface area (Å²) in [7, 11) is -2.14. The number of aryl methyl sites for hydroxylation is 1. The van der Waals surface area contributed by atoms with Crippen LogP contribution in [0.25, 0.3) is 6.08 Å². The second-order valence-corrected chi connectivity index (χ2v) is 20.2. The SMILES string of the molecule is CCc1nc(/C=C(\C)C2C/C=C(/C)C/C=C/[C@H](C)[C@H](O[Si](C)(C)C(C)(C)C)[C@@H](C)C(=O)C(C)(C)[C@@H](C)CC(=O)O2)cs1. The number of ether oxygens (including phenoxy) is 1. The van der Waals surface area contributed by atoms with Crippen LogP contribution < -0.4 is 0 Å². The summed E-state index contributed by atoms with van der Waals surface area (Å²) in [6.45, 7) is 27.5. The van der Waals surface area contributed by atoms with Crippen LogP contribution in [0, 0.1) is 23.2 Å². The van der Waals surface area contributed by atoms with Gasteiger partial charge in [0, 0.05) is 29.6 Å². The molecule has 2 heterocycles. The molecule has 0 amide bonds. The van der Waals surface area contributed by atoms with Crippen LogP contribution >= 0.6 is 11.3 Å². The van der Waals surface area contributed by atoms with Crippen molar-refractivity contribution in [3.05, 3.63) is 45.5 Å². The van der Waals surface area contributed by atoms with Crippen LogP contribution in [0.4, 0.5) is 0 Å². The summed E-state index contributed by atoms with van der Waals surface area (Å²) in [6, 6.07) is 0. The quantitative estimate of drug-likeness (QED) is 0.187. The normalized spacial score (nSPS) is 29.5. The number of allylic oxidation sites excluding steroid dienone is 2. The summed E-state index contributed by atoms with van der Waals surface area (Å²) in [4.78, 5) is 32.2.